The van der Waals surface area contributed by atoms with Crippen LogP contribution in [0.25, 0.3) is 0 Å². The van der Waals surface area contributed by atoms with Gasteiger partial charge in [0.15, 0.2) is 12.4 Å². The molecular weight excluding hydrogens is 342 g/mol. The Morgan fingerprint density at radius 2 is 1.80 bits per heavy atom. The number of carbonyl (C=O) groups excluding carboxylic acids is 2. The van der Waals surface area contributed by atoms with E-state index in [4.69, 9.17) is 4.74 Å². The minimum atomic E-state index is -0.596. The van der Waals surface area contributed by atoms with Crippen molar-refractivity contribution in [2.24, 2.45) is 0 Å². The van der Waals surface area contributed by atoms with Crippen molar-refractivity contribution >= 4 is 29.2 Å². The molecule has 0 heterocycles. The van der Waals surface area contributed by atoms with E-state index in [9.17, 15) is 19.7 Å². The van der Waals surface area contributed by atoms with E-state index in [1.165, 1.54) is 6.07 Å². The van der Waals surface area contributed by atoms with Gasteiger partial charge in [0.25, 0.3) is 5.69 Å². The van der Waals surface area contributed by atoms with Crippen molar-refractivity contribution in [1.82, 2.24) is 0 Å². The van der Waals surface area contributed by atoms with E-state index in [1.807, 2.05) is 19.1 Å². The Hall–Kier alpha value is -2.67. The van der Waals surface area contributed by atoms with Gasteiger partial charge in [-0.3, -0.25) is 19.7 Å². The highest BCUT2D eigenvalue weighted by atomic mass is 32.2. The largest absolute Gasteiger partial charge is 0.457 e. The van der Waals surface area contributed by atoms with E-state index in [2.05, 4.69) is 0 Å². The van der Waals surface area contributed by atoms with Crippen molar-refractivity contribution in [3.8, 4) is 0 Å². The van der Waals surface area contributed by atoms with Crippen LogP contribution in [0, 0.1) is 10.1 Å². The van der Waals surface area contributed by atoms with Gasteiger partial charge in [-0.05, 0) is 18.1 Å². The van der Waals surface area contributed by atoms with Crippen molar-refractivity contribution in [2.75, 3.05) is 12.4 Å². The number of Topliss-reactive ketones (excluding diaryl/α,β-unsaturated/α-hetero) is 1. The van der Waals surface area contributed by atoms with Gasteiger partial charge >= 0.3 is 5.97 Å². The fourth-order valence-corrected chi connectivity index (χ4v) is 2.89. The number of benzene rings is 2. The summed E-state index contributed by atoms with van der Waals surface area (Å²) >= 11 is 1.01. The molecule has 0 aliphatic carbocycles. The number of thioether (sulfide) groups is 1. The maximum atomic E-state index is 12.0. The van der Waals surface area contributed by atoms with Crippen LogP contribution in [0.3, 0.4) is 0 Å². The zero-order chi connectivity index (χ0) is 18.2. The molecule has 0 N–H and O–H groups in total. The number of nitrogens with zero attached hydrogens (tertiary/aromatic N) is 1. The number of nitro benzene ring substituents is 1. The van der Waals surface area contributed by atoms with Gasteiger partial charge in [-0.25, -0.2) is 0 Å². The SMILES string of the molecule is CCc1ccc(C(=O)COC(=O)CSc2ccccc2[N+](=O)[O-])cc1. The van der Waals surface area contributed by atoms with Gasteiger partial charge < -0.3 is 4.74 Å². The van der Waals surface area contributed by atoms with Crippen molar-refractivity contribution in [3.05, 3.63) is 69.8 Å². The Kier molecular flexibility index (Phi) is 6.71. The molecule has 2 rings (SSSR count). The summed E-state index contributed by atoms with van der Waals surface area (Å²) in [6.45, 7) is 1.68. The lowest BCUT2D eigenvalue weighted by Gasteiger charge is -2.05. The Balaban J connectivity index is 1.84. The lowest BCUT2D eigenvalue weighted by Crippen LogP contribution is -2.15. The van der Waals surface area contributed by atoms with Crippen LogP contribution in [0.5, 0.6) is 0 Å². The second-order valence-electron chi connectivity index (χ2n) is 5.15. The number of carbonyl (C=O) groups is 2. The van der Waals surface area contributed by atoms with Gasteiger partial charge in [0.05, 0.1) is 15.6 Å². The Morgan fingerprint density at radius 3 is 2.44 bits per heavy atom. The predicted octanol–water partition coefficient (Wildman–Crippen LogP) is 3.68. The molecule has 0 spiro atoms. The second-order valence-corrected chi connectivity index (χ2v) is 6.17. The Morgan fingerprint density at radius 1 is 1.12 bits per heavy atom. The first kappa shape index (κ1) is 18.7. The molecule has 7 heteroatoms. The van der Waals surface area contributed by atoms with Gasteiger partial charge in [-0.15, -0.1) is 11.8 Å². The summed E-state index contributed by atoms with van der Waals surface area (Å²) in [7, 11) is 0. The van der Waals surface area contributed by atoms with Gasteiger partial charge in [-0.1, -0.05) is 43.3 Å². The van der Waals surface area contributed by atoms with Gasteiger partial charge in [0.1, 0.15) is 0 Å². The average Bonchev–Trinajstić information content (AvgIpc) is 2.64. The van der Waals surface area contributed by atoms with Crippen molar-refractivity contribution < 1.29 is 19.2 Å². The standard InChI is InChI=1S/C18H17NO5S/c1-2-13-7-9-14(10-8-13)16(20)11-24-18(21)12-25-17-6-4-3-5-15(17)19(22)23/h3-10H,2,11-12H2,1H3. The van der Waals surface area contributed by atoms with Crippen LogP contribution in [0.15, 0.2) is 53.4 Å². The molecule has 0 aromatic heterocycles. The summed E-state index contributed by atoms with van der Waals surface area (Å²) in [5, 5.41) is 10.9. The molecule has 2 aromatic rings. The van der Waals surface area contributed by atoms with E-state index in [0.717, 1.165) is 23.7 Å². The third-order valence-corrected chi connectivity index (χ3v) is 4.49. The molecule has 0 aliphatic heterocycles. The number of aryl methyl sites for hydroxylation is 1. The number of hydrogen-bond donors (Lipinski definition) is 0. The number of para-hydroxylation sites is 1. The van der Waals surface area contributed by atoms with Crippen LogP contribution in [-0.4, -0.2) is 29.0 Å². The molecule has 0 fully saturated rings. The van der Waals surface area contributed by atoms with Gasteiger partial charge in [0.2, 0.25) is 0 Å². The smallest absolute Gasteiger partial charge is 0.316 e. The van der Waals surface area contributed by atoms with Crippen LogP contribution < -0.4 is 0 Å². The van der Waals surface area contributed by atoms with E-state index >= 15 is 0 Å². The summed E-state index contributed by atoms with van der Waals surface area (Å²) < 4.78 is 4.96. The number of hydrogen-bond acceptors (Lipinski definition) is 6. The minimum absolute atomic E-state index is 0.0626. The second kappa shape index (κ2) is 8.98. The van der Waals surface area contributed by atoms with E-state index in [0.29, 0.717) is 10.5 Å². The third kappa shape index (κ3) is 5.42. The lowest BCUT2D eigenvalue weighted by atomic mass is 10.1. The molecule has 0 unspecified atom stereocenters. The third-order valence-electron chi connectivity index (χ3n) is 3.46. The molecule has 0 atom stereocenters. The Labute approximate surface area is 149 Å². The zero-order valence-electron chi connectivity index (χ0n) is 13.6. The molecule has 0 aliphatic rings. The molecule has 25 heavy (non-hydrogen) atoms. The molecule has 0 bridgehead atoms. The quantitative estimate of drug-likeness (QED) is 0.235. The summed E-state index contributed by atoms with van der Waals surface area (Å²) in [4.78, 5) is 34.6. The normalized spacial score (nSPS) is 10.3. The fourth-order valence-electron chi connectivity index (χ4n) is 2.06. The van der Waals surface area contributed by atoms with Crippen LogP contribution in [0.4, 0.5) is 5.69 Å². The summed E-state index contributed by atoms with van der Waals surface area (Å²) in [5.41, 5.74) is 1.54. The van der Waals surface area contributed by atoms with Crippen LogP contribution in [0.1, 0.15) is 22.8 Å². The number of ether oxygens (including phenoxy) is 1. The molecule has 0 saturated heterocycles. The Bertz CT molecular complexity index is 773. The summed E-state index contributed by atoms with van der Waals surface area (Å²) in [6.07, 6.45) is 0.881. The number of esters is 1. The van der Waals surface area contributed by atoms with Crippen molar-refractivity contribution in [3.63, 3.8) is 0 Å². The summed E-state index contributed by atoms with van der Waals surface area (Å²) in [6, 6.07) is 13.3. The molecule has 0 saturated carbocycles. The maximum absolute atomic E-state index is 12.0. The van der Waals surface area contributed by atoms with E-state index in [-0.39, 0.29) is 23.8 Å². The van der Waals surface area contributed by atoms with Gasteiger partial charge in [0, 0.05) is 11.6 Å². The lowest BCUT2D eigenvalue weighted by molar-refractivity contribution is -0.387. The van der Waals surface area contributed by atoms with Crippen molar-refractivity contribution in [1.29, 1.82) is 0 Å². The minimum Gasteiger partial charge on any atom is -0.457 e. The number of ketones is 1. The average molecular weight is 359 g/mol. The van der Waals surface area contributed by atoms with E-state index < -0.39 is 10.9 Å². The molecule has 130 valence electrons. The predicted molar refractivity (Wildman–Crippen MR) is 94.9 cm³/mol. The zero-order valence-corrected chi connectivity index (χ0v) is 14.5. The maximum Gasteiger partial charge on any atom is 0.316 e. The fraction of sp³-hybridized carbons (Fsp3) is 0.222. The van der Waals surface area contributed by atoms with Crippen LogP contribution >= 0.6 is 11.8 Å². The topological polar surface area (TPSA) is 86.5 Å². The highest BCUT2D eigenvalue weighted by molar-refractivity contribution is 8.00. The number of rotatable bonds is 8. The van der Waals surface area contributed by atoms with Gasteiger partial charge in [-0.2, -0.15) is 0 Å². The van der Waals surface area contributed by atoms with Crippen LogP contribution in [0.2, 0.25) is 0 Å². The monoisotopic (exact) mass is 359 g/mol. The summed E-state index contributed by atoms with van der Waals surface area (Å²) in [5.74, 6) is -0.985. The first-order valence-corrected chi connectivity index (χ1v) is 8.63. The first-order valence-electron chi connectivity index (χ1n) is 7.65. The molecule has 6 nitrogen and oxygen atoms in total. The molecule has 0 radical (unpaired) electrons. The first-order chi connectivity index (χ1) is 12.0. The highest BCUT2D eigenvalue weighted by Gasteiger charge is 2.15. The van der Waals surface area contributed by atoms with E-state index in [1.54, 1.807) is 30.3 Å². The molecule has 0 amide bonds. The molecule has 2 aromatic carbocycles. The molecular formula is C18H17NO5S. The number of nitro groups is 1. The van der Waals surface area contributed by atoms with Crippen LogP contribution in [-0.2, 0) is 16.0 Å². The van der Waals surface area contributed by atoms with Crippen molar-refractivity contribution in [2.45, 2.75) is 18.2 Å². The highest BCUT2D eigenvalue weighted by Crippen LogP contribution is 2.28.